The van der Waals surface area contributed by atoms with E-state index in [2.05, 4.69) is 0 Å². The molecule has 3 nitrogen and oxygen atoms in total. The fourth-order valence-corrected chi connectivity index (χ4v) is 1.73. The molecule has 0 spiro atoms. The van der Waals surface area contributed by atoms with E-state index in [1.165, 1.54) is 14.2 Å². The molecule has 0 N–H and O–H groups in total. The SMILES string of the molecule is [B]c1ccc2cc(OC)c(C(=O)OC)cc2c1. The maximum Gasteiger partial charge on any atom is 0.341 e. The molecule has 17 heavy (non-hydrogen) atoms. The van der Waals surface area contributed by atoms with Crippen LogP contribution in [0.5, 0.6) is 5.75 Å². The summed E-state index contributed by atoms with van der Waals surface area (Å²) in [4.78, 5) is 11.6. The summed E-state index contributed by atoms with van der Waals surface area (Å²) in [5.41, 5.74) is 1.05. The summed E-state index contributed by atoms with van der Waals surface area (Å²) < 4.78 is 9.88. The first-order valence-electron chi connectivity index (χ1n) is 5.11. The van der Waals surface area contributed by atoms with Gasteiger partial charge in [-0.25, -0.2) is 4.79 Å². The first-order valence-corrected chi connectivity index (χ1v) is 5.11. The first-order chi connectivity index (χ1) is 8.15. The lowest BCUT2D eigenvalue weighted by molar-refractivity contribution is 0.0597. The molecule has 0 aromatic heterocycles. The standard InChI is InChI=1S/C13H11BO3/c1-16-12-7-8-3-4-10(14)5-9(8)6-11(12)13(15)17-2/h3-7H,1-2H3. The van der Waals surface area contributed by atoms with Gasteiger partial charge in [0.05, 0.1) is 14.2 Å². The molecule has 0 fully saturated rings. The minimum Gasteiger partial charge on any atom is -0.496 e. The number of hydrogen-bond acceptors (Lipinski definition) is 3. The van der Waals surface area contributed by atoms with Gasteiger partial charge in [-0.15, -0.1) is 0 Å². The molecule has 2 aromatic rings. The Morgan fingerprint density at radius 1 is 1.12 bits per heavy atom. The number of methoxy groups -OCH3 is 2. The molecule has 2 aromatic carbocycles. The Labute approximate surface area is 101 Å². The van der Waals surface area contributed by atoms with Gasteiger partial charge in [0, 0.05) is 0 Å². The summed E-state index contributed by atoms with van der Waals surface area (Å²) in [5.74, 6) is 0.0697. The molecule has 0 amide bonds. The van der Waals surface area contributed by atoms with Gasteiger partial charge in [0.15, 0.2) is 0 Å². The predicted octanol–water partition coefficient (Wildman–Crippen LogP) is 1.43. The second-order valence-electron chi connectivity index (χ2n) is 3.65. The molecular formula is C13H11BO3. The Balaban J connectivity index is 2.69. The number of carbonyl (C=O) groups is 1. The summed E-state index contributed by atoms with van der Waals surface area (Å²) in [5, 5.41) is 1.84. The number of fused-ring (bicyclic) bond motifs is 1. The highest BCUT2D eigenvalue weighted by atomic mass is 16.5. The van der Waals surface area contributed by atoms with Gasteiger partial charge in [-0.2, -0.15) is 0 Å². The van der Waals surface area contributed by atoms with Crippen molar-refractivity contribution in [2.75, 3.05) is 14.2 Å². The van der Waals surface area contributed by atoms with E-state index < -0.39 is 5.97 Å². The van der Waals surface area contributed by atoms with Gasteiger partial charge in [0.2, 0.25) is 0 Å². The monoisotopic (exact) mass is 226 g/mol. The van der Waals surface area contributed by atoms with Crippen molar-refractivity contribution in [1.29, 1.82) is 0 Å². The second kappa shape index (κ2) is 4.49. The van der Waals surface area contributed by atoms with E-state index >= 15 is 0 Å². The number of rotatable bonds is 2. The Kier molecular flexibility index (Phi) is 3.05. The van der Waals surface area contributed by atoms with Gasteiger partial charge in [-0.05, 0) is 22.9 Å². The Bertz CT molecular complexity index is 578. The molecule has 0 heterocycles. The molecule has 0 aliphatic carbocycles. The number of benzene rings is 2. The van der Waals surface area contributed by atoms with Crippen molar-refractivity contribution in [2.45, 2.75) is 0 Å². The molecule has 2 radical (unpaired) electrons. The lowest BCUT2D eigenvalue weighted by Crippen LogP contribution is -2.05. The second-order valence-corrected chi connectivity index (χ2v) is 3.65. The van der Waals surface area contributed by atoms with Crippen LogP contribution in [0.1, 0.15) is 10.4 Å². The Morgan fingerprint density at radius 2 is 1.88 bits per heavy atom. The van der Waals surface area contributed by atoms with Gasteiger partial charge in [0.1, 0.15) is 19.2 Å². The van der Waals surface area contributed by atoms with Crippen LogP contribution in [0.4, 0.5) is 0 Å². The number of esters is 1. The zero-order valence-corrected chi connectivity index (χ0v) is 9.69. The summed E-state index contributed by atoms with van der Waals surface area (Å²) >= 11 is 0. The van der Waals surface area contributed by atoms with Crippen LogP contribution in [-0.2, 0) is 4.74 Å². The highest BCUT2D eigenvalue weighted by Gasteiger charge is 2.13. The Hall–Kier alpha value is -1.97. The summed E-state index contributed by atoms with van der Waals surface area (Å²) in [7, 11) is 8.56. The molecule has 0 aliphatic heterocycles. The molecule has 0 unspecified atom stereocenters. The summed E-state index contributed by atoms with van der Waals surface area (Å²) in [6.45, 7) is 0. The van der Waals surface area contributed by atoms with Gasteiger partial charge in [-0.1, -0.05) is 23.7 Å². The molecule has 0 bridgehead atoms. The predicted molar refractivity (Wildman–Crippen MR) is 67.2 cm³/mol. The van der Waals surface area contributed by atoms with Gasteiger partial charge >= 0.3 is 5.97 Å². The minimum atomic E-state index is -0.425. The zero-order valence-electron chi connectivity index (χ0n) is 9.69. The van der Waals surface area contributed by atoms with E-state index in [1.54, 1.807) is 24.3 Å². The van der Waals surface area contributed by atoms with Crippen molar-refractivity contribution in [3.8, 4) is 5.75 Å². The lowest BCUT2D eigenvalue weighted by Gasteiger charge is -2.09. The highest BCUT2D eigenvalue weighted by molar-refractivity contribution is 6.33. The third-order valence-electron chi connectivity index (χ3n) is 2.59. The van der Waals surface area contributed by atoms with E-state index in [9.17, 15) is 4.79 Å². The van der Waals surface area contributed by atoms with Crippen LogP contribution in [-0.4, -0.2) is 28.0 Å². The van der Waals surface area contributed by atoms with Crippen molar-refractivity contribution in [2.24, 2.45) is 0 Å². The molecule has 2 rings (SSSR count). The molecular weight excluding hydrogens is 215 g/mol. The van der Waals surface area contributed by atoms with Crippen molar-refractivity contribution in [3.63, 3.8) is 0 Å². The molecule has 4 heteroatoms. The van der Waals surface area contributed by atoms with E-state index in [4.69, 9.17) is 17.3 Å². The maximum absolute atomic E-state index is 11.6. The highest BCUT2D eigenvalue weighted by Crippen LogP contribution is 2.25. The summed E-state index contributed by atoms with van der Waals surface area (Å²) in [6.07, 6.45) is 0. The number of hydrogen-bond donors (Lipinski definition) is 0. The molecule has 0 atom stereocenters. The first kappa shape index (κ1) is 11.5. The average Bonchev–Trinajstić information content (AvgIpc) is 2.36. The molecule has 0 saturated heterocycles. The van der Waals surface area contributed by atoms with Crippen LogP contribution < -0.4 is 10.2 Å². The quantitative estimate of drug-likeness (QED) is 0.574. The van der Waals surface area contributed by atoms with Crippen molar-refractivity contribution in [1.82, 2.24) is 0 Å². The van der Waals surface area contributed by atoms with Crippen molar-refractivity contribution in [3.05, 3.63) is 35.9 Å². The molecule has 0 aliphatic rings. The van der Waals surface area contributed by atoms with Gasteiger partial charge in [0.25, 0.3) is 0 Å². The maximum atomic E-state index is 11.6. The van der Waals surface area contributed by atoms with Crippen LogP contribution in [0.3, 0.4) is 0 Å². The van der Waals surface area contributed by atoms with E-state index in [1.807, 2.05) is 6.07 Å². The Morgan fingerprint density at radius 3 is 2.53 bits per heavy atom. The van der Waals surface area contributed by atoms with Crippen molar-refractivity contribution >= 4 is 30.1 Å². The van der Waals surface area contributed by atoms with Crippen LogP contribution in [0.25, 0.3) is 10.8 Å². The number of ether oxygens (including phenoxy) is 2. The van der Waals surface area contributed by atoms with Gasteiger partial charge < -0.3 is 9.47 Å². The van der Waals surface area contributed by atoms with Crippen LogP contribution in [0, 0.1) is 0 Å². The summed E-state index contributed by atoms with van der Waals surface area (Å²) in [6, 6.07) is 9.01. The normalized spacial score (nSPS) is 10.2. The fourth-order valence-electron chi connectivity index (χ4n) is 1.73. The van der Waals surface area contributed by atoms with E-state index in [0.717, 1.165) is 10.8 Å². The van der Waals surface area contributed by atoms with E-state index in [-0.39, 0.29) is 0 Å². The zero-order chi connectivity index (χ0) is 12.4. The lowest BCUT2D eigenvalue weighted by atomic mass is 9.93. The van der Waals surface area contributed by atoms with Crippen LogP contribution >= 0.6 is 0 Å². The third kappa shape index (κ3) is 2.11. The fraction of sp³-hybridized carbons (Fsp3) is 0.154. The van der Waals surface area contributed by atoms with Gasteiger partial charge in [-0.3, -0.25) is 0 Å². The van der Waals surface area contributed by atoms with Crippen LogP contribution in [0.2, 0.25) is 0 Å². The van der Waals surface area contributed by atoms with Crippen molar-refractivity contribution < 1.29 is 14.3 Å². The third-order valence-corrected chi connectivity index (χ3v) is 2.59. The molecule has 84 valence electrons. The smallest absolute Gasteiger partial charge is 0.341 e. The van der Waals surface area contributed by atoms with Crippen LogP contribution in [0.15, 0.2) is 30.3 Å². The topological polar surface area (TPSA) is 35.5 Å². The molecule has 0 saturated carbocycles. The van der Waals surface area contributed by atoms with E-state index in [0.29, 0.717) is 16.8 Å². The largest absolute Gasteiger partial charge is 0.496 e. The minimum absolute atomic E-state index is 0.396. The number of carbonyl (C=O) groups excluding carboxylic acids is 1. The average molecular weight is 226 g/mol.